The van der Waals surface area contributed by atoms with Crippen molar-refractivity contribution in [2.45, 2.75) is 20.8 Å². The van der Waals surface area contributed by atoms with E-state index in [1.807, 2.05) is 26.0 Å². The van der Waals surface area contributed by atoms with Gasteiger partial charge in [-0.1, -0.05) is 0 Å². The Morgan fingerprint density at radius 3 is 2.89 bits per heavy atom. The molecule has 0 aromatic carbocycles. The summed E-state index contributed by atoms with van der Waals surface area (Å²) in [6.07, 6.45) is 5.01. The van der Waals surface area contributed by atoms with E-state index in [0.717, 1.165) is 10.9 Å². The molecule has 8 nitrogen and oxygen atoms in total. The van der Waals surface area contributed by atoms with Gasteiger partial charge in [0.2, 0.25) is 17.6 Å². The van der Waals surface area contributed by atoms with Crippen LogP contribution in [0, 0.1) is 5.92 Å². The number of hydrazone groups is 1. The first-order chi connectivity index (χ1) is 13.1. The molecule has 1 N–H and O–H groups in total. The number of carbonyl (C=O) groups excluding carboxylic acids is 2. The Morgan fingerprint density at radius 1 is 1.41 bits per heavy atom. The van der Waals surface area contributed by atoms with Gasteiger partial charge in [0.1, 0.15) is 5.65 Å². The topological polar surface area (TPSA) is 96.9 Å². The first kappa shape index (κ1) is 18.6. The molecule has 1 aliphatic heterocycles. The number of aromatic amines is 1. The highest BCUT2D eigenvalue weighted by molar-refractivity contribution is 6.27. The first-order valence-electron chi connectivity index (χ1n) is 8.94. The van der Waals surface area contributed by atoms with Gasteiger partial charge in [0.05, 0.1) is 6.61 Å². The number of rotatable bonds is 6. The molecule has 1 fully saturated rings. The van der Waals surface area contributed by atoms with Gasteiger partial charge < -0.3 is 14.5 Å². The fourth-order valence-corrected chi connectivity index (χ4v) is 2.83. The summed E-state index contributed by atoms with van der Waals surface area (Å²) in [6, 6.07) is 3.70. The van der Waals surface area contributed by atoms with E-state index in [4.69, 9.17) is 9.47 Å². The third-order valence-corrected chi connectivity index (χ3v) is 4.23. The van der Waals surface area contributed by atoms with Crippen LogP contribution in [0.1, 0.15) is 26.3 Å². The van der Waals surface area contributed by atoms with Gasteiger partial charge in [-0.25, -0.2) is 4.98 Å². The fourth-order valence-electron chi connectivity index (χ4n) is 2.83. The highest BCUT2D eigenvalue weighted by atomic mass is 16.5. The zero-order chi connectivity index (χ0) is 19.4. The van der Waals surface area contributed by atoms with Crippen LogP contribution in [-0.4, -0.2) is 52.3 Å². The van der Waals surface area contributed by atoms with Crippen molar-refractivity contribution in [3.8, 4) is 0 Å². The number of hydrogen-bond donors (Lipinski definition) is 1. The highest BCUT2D eigenvalue weighted by Gasteiger charge is 2.45. The summed E-state index contributed by atoms with van der Waals surface area (Å²) in [7, 11) is 0. The molecule has 1 aliphatic rings. The molecule has 2 aromatic rings. The van der Waals surface area contributed by atoms with Crippen LogP contribution in [0.3, 0.4) is 0 Å². The summed E-state index contributed by atoms with van der Waals surface area (Å²) in [5, 5.41) is 6.90. The maximum absolute atomic E-state index is 12.8. The molecule has 3 heterocycles. The molecule has 0 aliphatic carbocycles. The third-order valence-electron chi connectivity index (χ3n) is 4.23. The quantitative estimate of drug-likeness (QED) is 0.363. The molecule has 8 heteroatoms. The van der Waals surface area contributed by atoms with Gasteiger partial charge in [-0.05, 0) is 39.0 Å². The number of H-pyrrole nitrogens is 1. The number of carbonyl (C=O) groups is 2. The molecule has 1 unspecified atom stereocenters. The van der Waals surface area contributed by atoms with Crippen LogP contribution in [0.5, 0.6) is 0 Å². The lowest BCUT2D eigenvalue weighted by Gasteiger charge is -2.15. The summed E-state index contributed by atoms with van der Waals surface area (Å²) in [5.41, 5.74) is 1.45. The van der Waals surface area contributed by atoms with E-state index >= 15 is 0 Å². The van der Waals surface area contributed by atoms with Crippen molar-refractivity contribution in [3.05, 3.63) is 35.8 Å². The first-order valence-corrected chi connectivity index (χ1v) is 8.94. The molecule has 1 atom stereocenters. The molecule has 0 spiro atoms. The van der Waals surface area contributed by atoms with Crippen LogP contribution >= 0.6 is 0 Å². The van der Waals surface area contributed by atoms with E-state index in [-0.39, 0.29) is 18.3 Å². The van der Waals surface area contributed by atoms with Crippen molar-refractivity contribution in [1.29, 1.82) is 0 Å². The molecule has 0 amide bonds. The van der Waals surface area contributed by atoms with Gasteiger partial charge >= 0.3 is 5.97 Å². The lowest BCUT2D eigenvalue weighted by Crippen LogP contribution is -2.30. The van der Waals surface area contributed by atoms with E-state index < -0.39 is 17.7 Å². The lowest BCUT2D eigenvalue weighted by atomic mass is 10.0. The standard InChI is InChI=1S/C19H22N4O4/c1-4-23(5-2)22-18-15(19(25)26-6-3)16(24)14(27-18)10-12-11-21-17-13(12)8-7-9-20-17/h7-11,15H,4-6H2,1-3H3,(H,20,21)/b14-10-,22-18+. The Balaban J connectivity index is 1.99. The SMILES string of the molecule is CCOC(=O)C1C(=O)/C(=C/c2c[nH]c3ncccc23)O/C1=N/N(CC)CC. The van der Waals surface area contributed by atoms with E-state index in [1.165, 1.54) is 0 Å². The maximum Gasteiger partial charge on any atom is 0.326 e. The molecular formula is C19H22N4O4. The van der Waals surface area contributed by atoms with Crippen molar-refractivity contribution in [1.82, 2.24) is 15.0 Å². The van der Waals surface area contributed by atoms with Crippen LogP contribution < -0.4 is 0 Å². The number of fused-ring (bicyclic) bond motifs is 1. The van der Waals surface area contributed by atoms with Crippen LogP contribution in [-0.2, 0) is 19.1 Å². The summed E-state index contributed by atoms with van der Waals surface area (Å²) < 4.78 is 10.7. The van der Waals surface area contributed by atoms with Crippen LogP contribution in [0.2, 0.25) is 0 Å². The third kappa shape index (κ3) is 3.69. The van der Waals surface area contributed by atoms with Crippen LogP contribution in [0.15, 0.2) is 35.4 Å². The smallest absolute Gasteiger partial charge is 0.326 e. The minimum atomic E-state index is -1.18. The molecule has 1 saturated heterocycles. The van der Waals surface area contributed by atoms with Gasteiger partial charge in [-0.2, -0.15) is 0 Å². The highest BCUT2D eigenvalue weighted by Crippen LogP contribution is 2.27. The Bertz CT molecular complexity index is 911. The number of nitrogens with one attached hydrogen (secondary N) is 1. The van der Waals surface area contributed by atoms with Crippen LogP contribution in [0.4, 0.5) is 0 Å². The molecular weight excluding hydrogens is 348 g/mol. The van der Waals surface area contributed by atoms with E-state index in [2.05, 4.69) is 15.1 Å². The van der Waals surface area contributed by atoms with Gasteiger partial charge in [0.25, 0.3) is 0 Å². The van der Waals surface area contributed by atoms with Gasteiger partial charge in [0, 0.05) is 36.4 Å². The van der Waals surface area contributed by atoms with Crippen molar-refractivity contribution in [2.24, 2.45) is 11.0 Å². The number of pyridine rings is 1. The number of ether oxygens (including phenoxy) is 2. The molecule has 142 valence electrons. The Kier molecular flexibility index (Phi) is 5.54. The Hall–Kier alpha value is -3.16. The van der Waals surface area contributed by atoms with Crippen LogP contribution in [0.25, 0.3) is 17.1 Å². The average molecular weight is 370 g/mol. The normalized spacial score (nSPS) is 19.7. The minimum Gasteiger partial charge on any atom is -0.465 e. The molecule has 0 bridgehead atoms. The Morgan fingerprint density at radius 2 is 2.19 bits per heavy atom. The number of aromatic nitrogens is 2. The number of hydrogen-bond acceptors (Lipinski definition) is 7. The van der Waals surface area contributed by atoms with E-state index in [1.54, 1.807) is 30.4 Å². The van der Waals surface area contributed by atoms with Crippen molar-refractivity contribution in [3.63, 3.8) is 0 Å². The summed E-state index contributed by atoms with van der Waals surface area (Å²) in [5.74, 6) is -2.19. The molecule has 2 aromatic heterocycles. The Labute approximate surface area is 156 Å². The number of esters is 1. The van der Waals surface area contributed by atoms with E-state index in [0.29, 0.717) is 18.7 Å². The van der Waals surface area contributed by atoms with Gasteiger partial charge in [-0.15, -0.1) is 5.10 Å². The summed E-state index contributed by atoms with van der Waals surface area (Å²) >= 11 is 0. The summed E-state index contributed by atoms with van der Waals surface area (Å²) in [6.45, 7) is 6.97. The predicted octanol–water partition coefficient (Wildman–Crippen LogP) is 2.34. The largest absolute Gasteiger partial charge is 0.465 e. The van der Waals surface area contributed by atoms with Crippen molar-refractivity contribution >= 4 is 34.8 Å². The number of ketones is 1. The second kappa shape index (κ2) is 8.03. The molecule has 27 heavy (non-hydrogen) atoms. The second-order valence-corrected chi connectivity index (χ2v) is 5.88. The minimum absolute atomic E-state index is 0.0476. The number of nitrogens with zero attached hydrogens (tertiary/aromatic N) is 3. The predicted molar refractivity (Wildman–Crippen MR) is 101 cm³/mol. The van der Waals surface area contributed by atoms with E-state index in [9.17, 15) is 9.59 Å². The molecule has 3 rings (SSSR count). The lowest BCUT2D eigenvalue weighted by molar-refractivity contribution is -0.147. The average Bonchev–Trinajstić information content (AvgIpc) is 3.21. The zero-order valence-electron chi connectivity index (χ0n) is 15.6. The summed E-state index contributed by atoms with van der Waals surface area (Å²) in [4.78, 5) is 32.4. The second-order valence-electron chi connectivity index (χ2n) is 5.88. The number of allylic oxidation sites excluding steroid dienone is 1. The van der Waals surface area contributed by atoms with Gasteiger partial charge in [-0.3, -0.25) is 14.6 Å². The van der Waals surface area contributed by atoms with Crippen molar-refractivity contribution in [2.75, 3.05) is 19.7 Å². The monoisotopic (exact) mass is 370 g/mol. The molecule has 0 radical (unpaired) electrons. The van der Waals surface area contributed by atoms with Crippen molar-refractivity contribution < 1.29 is 19.1 Å². The number of Topliss-reactive ketones (excluding diaryl/α,β-unsaturated/α-hetero) is 1. The molecule has 0 saturated carbocycles. The zero-order valence-corrected chi connectivity index (χ0v) is 15.6. The fraction of sp³-hybridized carbons (Fsp3) is 0.368. The maximum atomic E-state index is 12.8. The van der Waals surface area contributed by atoms with Gasteiger partial charge in [0.15, 0.2) is 5.76 Å².